The molecule has 2 aromatic carbocycles. The summed E-state index contributed by atoms with van der Waals surface area (Å²) in [4.78, 5) is 45.7. The summed E-state index contributed by atoms with van der Waals surface area (Å²) in [5, 5.41) is 6.05. The first-order valence-corrected chi connectivity index (χ1v) is 18.7. The van der Waals surface area contributed by atoms with Crippen LogP contribution in [-0.2, 0) is 36.1 Å². The largest absolute Gasteiger partial charge is 0.446 e. The van der Waals surface area contributed by atoms with Crippen molar-refractivity contribution >= 4 is 23.5 Å². The van der Waals surface area contributed by atoms with E-state index in [0.717, 1.165) is 43.9 Å². The van der Waals surface area contributed by atoms with Crippen LogP contribution in [0.3, 0.4) is 0 Å². The topological polar surface area (TPSA) is 116 Å². The summed E-state index contributed by atoms with van der Waals surface area (Å²) >= 11 is 0. The van der Waals surface area contributed by atoms with Gasteiger partial charge in [0.15, 0.2) is 0 Å². The second-order valence-electron chi connectivity index (χ2n) is 16.2. The van der Waals surface area contributed by atoms with E-state index in [0.29, 0.717) is 72.8 Å². The fraction of sp³-hybridized carbons (Fsp3) is 0.564. The zero-order chi connectivity index (χ0) is 35.8. The van der Waals surface area contributed by atoms with Crippen LogP contribution in [0.25, 0.3) is 11.3 Å². The number of nitrogens with one attached hydrogen (secondary N) is 2. The summed E-state index contributed by atoms with van der Waals surface area (Å²) in [6.45, 7) is 4.30. The number of imidazole rings is 1. The Morgan fingerprint density at radius 3 is 2.29 bits per heavy atom. The number of amides is 2. The van der Waals surface area contributed by atoms with Gasteiger partial charge in [-0.2, -0.15) is 9.78 Å². The van der Waals surface area contributed by atoms with E-state index in [1.54, 1.807) is 29.2 Å². The molecule has 2 unspecified atom stereocenters. The molecule has 2 N–H and O–H groups in total. The fourth-order valence-corrected chi connectivity index (χ4v) is 10.2. The number of ether oxygens (including phenoxy) is 2. The van der Waals surface area contributed by atoms with Crippen LogP contribution in [-0.4, -0.2) is 57.2 Å². The van der Waals surface area contributed by atoms with E-state index in [4.69, 9.17) is 24.2 Å². The number of hydrogen-bond acceptors (Lipinski definition) is 8. The quantitative estimate of drug-likeness (QED) is 0.259. The van der Waals surface area contributed by atoms with Gasteiger partial charge in [0.1, 0.15) is 41.6 Å². The fourth-order valence-electron chi connectivity index (χ4n) is 10.2. The number of hydrogen-bond donors (Lipinski definition) is 2. The summed E-state index contributed by atoms with van der Waals surface area (Å²) in [5.74, 6) is 0.880. The molecule has 4 bridgehead atoms. The van der Waals surface area contributed by atoms with Crippen LogP contribution in [0.5, 0.6) is 0 Å². The van der Waals surface area contributed by atoms with Crippen molar-refractivity contribution in [2.24, 2.45) is 23.7 Å². The SMILES string of the molecule is CC1(C)c2nc(-c3ccc(F)cc3)c(Nc3ccc(F)cc3)n2CCN1C(=O)CNC(=O)OC1CCCC2(C1)OOC1(O2)C2CC3CC(C2)CC1C3. The first-order chi connectivity index (χ1) is 25.0. The van der Waals surface area contributed by atoms with Crippen molar-refractivity contribution in [1.29, 1.82) is 0 Å². The molecule has 1 aromatic heterocycles. The molecule has 1 saturated heterocycles. The Morgan fingerprint density at radius 2 is 1.60 bits per heavy atom. The van der Waals surface area contributed by atoms with Gasteiger partial charge in [0.05, 0.1) is 5.54 Å². The first kappa shape index (κ1) is 33.7. The van der Waals surface area contributed by atoms with Crippen LogP contribution in [0.2, 0.25) is 0 Å². The number of rotatable bonds is 6. The molecule has 11 nitrogen and oxygen atoms in total. The average molecular weight is 718 g/mol. The molecule has 6 fully saturated rings. The van der Waals surface area contributed by atoms with E-state index >= 15 is 0 Å². The first-order valence-electron chi connectivity index (χ1n) is 18.7. The third-order valence-electron chi connectivity index (χ3n) is 12.5. The van der Waals surface area contributed by atoms with Crippen molar-refractivity contribution in [3.8, 4) is 11.3 Å². The minimum Gasteiger partial charge on any atom is -0.446 e. The van der Waals surface area contributed by atoms with Crippen LogP contribution in [0.1, 0.15) is 77.5 Å². The molecule has 2 aliphatic heterocycles. The molecule has 2 atom stereocenters. The highest BCUT2D eigenvalue weighted by Crippen LogP contribution is 2.63. The van der Waals surface area contributed by atoms with Crippen LogP contribution < -0.4 is 10.6 Å². The standard InChI is InChI=1S/C39H45F2N5O6/c1-37(2)35-44-33(25-5-7-28(40)8-6-25)34(43-30-11-9-29(41)10-12-30)45(35)14-15-46(37)32(47)22-42-36(48)49-31-4-3-13-38(21-31)50-39(52-51-38)26-17-23-16-24(19-26)20-27(39)18-23/h5-12,23-24,26-27,31,43H,3-4,13-22H2,1-2H3,(H,42,48). The van der Waals surface area contributed by atoms with E-state index in [9.17, 15) is 18.4 Å². The molecule has 2 amide bonds. The lowest BCUT2D eigenvalue weighted by atomic mass is 9.53. The third kappa shape index (κ3) is 5.75. The van der Waals surface area contributed by atoms with Gasteiger partial charge in [-0.1, -0.05) is 0 Å². The third-order valence-corrected chi connectivity index (χ3v) is 12.5. The number of anilines is 2. The number of alkyl carbamates (subject to hydrolysis) is 1. The van der Waals surface area contributed by atoms with E-state index in [-0.39, 0.29) is 24.1 Å². The Hall–Kier alpha value is -4.07. The minimum atomic E-state index is -0.925. The second-order valence-corrected chi connectivity index (χ2v) is 16.2. The molecule has 3 heterocycles. The zero-order valence-electron chi connectivity index (χ0n) is 29.5. The second kappa shape index (κ2) is 12.5. The maximum atomic E-state index is 13.9. The van der Waals surface area contributed by atoms with Crippen molar-refractivity contribution in [2.75, 3.05) is 18.4 Å². The number of aromatic nitrogens is 2. The highest BCUT2D eigenvalue weighted by Gasteiger charge is 2.67. The van der Waals surface area contributed by atoms with Gasteiger partial charge in [0, 0.05) is 49.0 Å². The number of benzene rings is 2. The van der Waals surface area contributed by atoms with Gasteiger partial charge in [-0.05, 0) is 119 Å². The number of carbonyl (C=O) groups is 2. The average Bonchev–Trinajstić information content (AvgIpc) is 3.67. The highest BCUT2D eigenvalue weighted by molar-refractivity contribution is 5.83. The summed E-state index contributed by atoms with van der Waals surface area (Å²) in [7, 11) is 0. The molecule has 7 aliphatic rings. The van der Waals surface area contributed by atoms with Gasteiger partial charge >= 0.3 is 6.09 Å². The van der Waals surface area contributed by atoms with Gasteiger partial charge in [0.2, 0.25) is 17.5 Å². The predicted octanol–water partition coefficient (Wildman–Crippen LogP) is 7.15. The Labute approximate surface area is 301 Å². The lowest BCUT2D eigenvalue weighted by Gasteiger charge is -2.57. The van der Waals surface area contributed by atoms with Gasteiger partial charge < -0.3 is 29.6 Å². The normalized spacial score (nSPS) is 32.6. The van der Waals surface area contributed by atoms with E-state index < -0.39 is 29.3 Å². The molecule has 52 heavy (non-hydrogen) atoms. The summed E-state index contributed by atoms with van der Waals surface area (Å²) < 4.78 is 42.2. The maximum Gasteiger partial charge on any atom is 0.407 e. The molecule has 3 aromatic rings. The molecular weight excluding hydrogens is 672 g/mol. The Kier molecular flexibility index (Phi) is 8.12. The van der Waals surface area contributed by atoms with E-state index in [1.165, 1.54) is 30.7 Å². The van der Waals surface area contributed by atoms with Gasteiger partial charge in [-0.15, -0.1) is 0 Å². The van der Waals surface area contributed by atoms with Gasteiger partial charge in [-0.3, -0.25) is 4.79 Å². The van der Waals surface area contributed by atoms with Gasteiger partial charge in [0.25, 0.3) is 0 Å². The van der Waals surface area contributed by atoms with Crippen molar-refractivity contribution < 1.29 is 37.6 Å². The summed E-state index contributed by atoms with van der Waals surface area (Å²) in [5.41, 5.74) is 1.03. The van der Waals surface area contributed by atoms with Crippen molar-refractivity contribution in [1.82, 2.24) is 19.8 Å². The Balaban J connectivity index is 0.855. The number of fused-ring (bicyclic) bond motifs is 1. The monoisotopic (exact) mass is 717 g/mol. The smallest absolute Gasteiger partial charge is 0.407 e. The van der Waals surface area contributed by atoms with Gasteiger partial charge in [-0.25, -0.2) is 18.6 Å². The van der Waals surface area contributed by atoms with Crippen LogP contribution in [0.4, 0.5) is 25.1 Å². The Morgan fingerprint density at radius 1 is 0.923 bits per heavy atom. The highest BCUT2D eigenvalue weighted by atomic mass is 19.1. The minimum absolute atomic E-state index is 0.253. The molecular formula is C39H45F2N5O6. The predicted molar refractivity (Wildman–Crippen MR) is 185 cm³/mol. The van der Waals surface area contributed by atoms with E-state index in [1.807, 2.05) is 18.4 Å². The molecule has 5 aliphatic carbocycles. The van der Waals surface area contributed by atoms with Crippen molar-refractivity contribution in [3.63, 3.8) is 0 Å². The van der Waals surface area contributed by atoms with Crippen molar-refractivity contribution in [3.05, 3.63) is 66.0 Å². The van der Waals surface area contributed by atoms with Crippen LogP contribution >= 0.6 is 0 Å². The molecule has 13 heteroatoms. The number of halogens is 2. The summed E-state index contributed by atoms with van der Waals surface area (Å²) in [6, 6.07) is 12.0. The maximum absolute atomic E-state index is 13.9. The number of nitrogens with zero attached hydrogens (tertiary/aromatic N) is 3. The lowest BCUT2D eigenvalue weighted by Crippen LogP contribution is -2.59. The van der Waals surface area contributed by atoms with Crippen molar-refractivity contribution in [2.45, 2.75) is 101 Å². The molecule has 2 spiro atoms. The molecule has 0 radical (unpaired) electrons. The Bertz CT molecular complexity index is 1840. The van der Waals surface area contributed by atoms with Crippen LogP contribution in [0.15, 0.2) is 48.5 Å². The summed E-state index contributed by atoms with van der Waals surface area (Å²) in [6.07, 6.45) is 7.25. The molecule has 5 saturated carbocycles. The molecule has 276 valence electrons. The zero-order valence-corrected chi connectivity index (χ0v) is 29.5. The lowest BCUT2D eigenvalue weighted by molar-refractivity contribution is -0.390. The molecule has 10 rings (SSSR count). The van der Waals surface area contributed by atoms with E-state index in [2.05, 4.69) is 10.6 Å². The van der Waals surface area contributed by atoms with Crippen LogP contribution in [0, 0.1) is 35.3 Å². The number of carbonyl (C=O) groups excluding carboxylic acids is 2.